The predicted octanol–water partition coefficient (Wildman–Crippen LogP) is 2.31. The molecule has 0 aromatic carbocycles. The Morgan fingerprint density at radius 1 is 1.15 bits per heavy atom. The lowest BCUT2D eigenvalue weighted by Gasteiger charge is -2.19. The molecule has 118 valence electrons. The van der Waals surface area contributed by atoms with Crippen molar-refractivity contribution in [3.8, 4) is 0 Å². The van der Waals surface area contributed by atoms with Crippen molar-refractivity contribution in [2.75, 3.05) is 32.8 Å². The van der Waals surface area contributed by atoms with E-state index in [-0.39, 0.29) is 6.09 Å². The molecule has 1 rings (SSSR count). The Bertz CT molecular complexity index is 273. The summed E-state index contributed by atoms with van der Waals surface area (Å²) in [5, 5.41) is 6.08. The van der Waals surface area contributed by atoms with Crippen LogP contribution in [0.2, 0.25) is 0 Å². The van der Waals surface area contributed by atoms with Crippen molar-refractivity contribution < 1.29 is 14.3 Å². The van der Waals surface area contributed by atoms with Gasteiger partial charge >= 0.3 is 6.09 Å². The quantitative estimate of drug-likeness (QED) is 0.605. The van der Waals surface area contributed by atoms with Crippen LogP contribution in [0.5, 0.6) is 0 Å². The second-order valence-corrected chi connectivity index (χ2v) is 6.40. The molecule has 1 amide bonds. The first-order valence-corrected chi connectivity index (χ1v) is 7.73. The molecule has 1 saturated carbocycles. The predicted molar refractivity (Wildman–Crippen MR) is 79.9 cm³/mol. The monoisotopic (exact) mass is 286 g/mol. The topological polar surface area (TPSA) is 59.6 Å². The maximum atomic E-state index is 11.4. The minimum absolute atomic E-state index is 0.342. The Balaban J connectivity index is 1.76. The summed E-state index contributed by atoms with van der Waals surface area (Å²) in [5.74, 6) is 0.849. The van der Waals surface area contributed by atoms with Crippen LogP contribution in [0.3, 0.4) is 0 Å². The number of carbonyl (C=O) groups excluding carboxylic acids is 1. The van der Waals surface area contributed by atoms with Gasteiger partial charge < -0.3 is 20.1 Å². The van der Waals surface area contributed by atoms with Crippen molar-refractivity contribution in [1.82, 2.24) is 10.6 Å². The fourth-order valence-corrected chi connectivity index (χ4v) is 1.68. The number of nitrogens with one attached hydrogen (secondary N) is 2. The summed E-state index contributed by atoms with van der Waals surface area (Å²) < 4.78 is 10.7. The molecule has 0 atom stereocenters. The summed E-state index contributed by atoms with van der Waals surface area (Å²) in [7, 11) is 0. The molecule has 0 aliphatic heterocycles. The van der Waals surface area contributed by atoms with E-state index in [4.69, 9.17) is 9.47 Å². The molecule has 0 spiro atoms. The van der Waals surface area contributed by atoms with Gasteiger partial charge in [0.15, 0.2) is 0 Å². The molecule has 0 unspecified atom stereocenters. The molecule has 1 aliphatic carbocycles. The maximum absolute atomic E-state index is 11.4. The van der Waals surface area contributed by atoms with Gasteiger partial charge in [-0.2, -0.15) is 0 Å². The van der Waals surface area contributed by atoms with Gasteiger partial charge in [-0.05, 0) is 65.5 Å². The van der Waals surface area contributed by atoms with Gasteiger partial charge in [-0.25, -0.2) is 4.79 Å². The number of alkyl carbamates (subject to hydrolysis) is 1. The minimum Gasteiger partial charge on any atom is -0.444 e. The Hall–Kier alpha value is -0.810. The van der Waals surface area contributed by atoms with Gasteiger partial charge in [-0.1, -0.05) is 0 Å². The first kappa shape index (κ1) is 17.2. The van der Waals surface area contributed by atoms with E-state index in [1.165, 1.54) is 12.8 Å². The average Bonchev–Trinajstić information content (AvgIpc) is 3.13. The molecule has 5 nitrogen and oxygen atoms in total. The summed E-state index contributed by atoms with van der Waals surface area (Å²) in [6.07, 6.45) is 4.31. The lowest BCUT2D eigenvalue weighted by atomic mass is 10.2. The highest BCUT2D eigenvalue weighted by atomic mass is 16.6. The van der Waals surface area contributed by atoms with E-state index in [2.05, 4.69) is 10.6 Å². The van der Waals surface area contributed by atoms with Gasteiger partial charge in [0.25, 0.3) is 0 Å². The molecule has 20 heavy (non-hydrogen) atoms. The van der Waals surface area contributed by atoms with E-state index in [0.717, 1.165) is 45.1 Å². The van der Waals surface area contributed by atoms with E-state index in [1.807, 2.05) is 20.8 Å². The number of amides is 1. The SMILES string of the molecule is CC(C)(C)OC(=O)NCCCNCCCOCC1CC1. The zero-order valence-corrected chi connectivity index (χ0v) is 13.2. The van der Waals surface area contributed by atoms with Gasteiger partial charge in [0.1, 0.15) is 5.60 Å². The van der Waals surface area contributed by atoms with Gasteiger partial charge in [0.2, 0.25) is 0 Å². The molecule has 0 bridgehead atoms. The number of hydrogen-bond donors (Lipinski definition) is 2. The average molecular weight is 286 g/mol. The Morgan fingerprint density at radius 2 is 1.85 bits per heavy atom. The van der Waals surface area contributed by atoms with E-state index < -0.39 is 5.60 Å². The van der Waals surface area contributed by atoms with Crippen LogP contribution in [0.15, 0.2) is 0 Å². The van der Waals surface area contributed by atoms with Crippen LogP contribution >= 0.6 is 0 Å². The Morgan fingerprint density at radius 3 is 2.50 bits per heavy atom. The third-order valence-electron chi connectivity index (χ3n) is 2.89. The second kappa shape index (κ2) is 9.19. The molecular formula is C15H30N2O3. The summed E-state index contributed by atoms with van der Waals surface area (Å²) in [5.41, 5.74) is -0.428. The zero-order valence-electron chi connectivity index (χ0n) is 13.2. The standard InChI is InChI=1S/C15H30N2O3/c1-15(2,3)20-14(18)17-10-4-8-16-9-5-11-19-12-13-6-7-13/h13,16H,4-12H2,1-3H3,(H,17,18). The molecule has 0 radical (unpaired) electrons. The van der Waals surface area contributed by atoms with E-state index in [1.54, 1.807) is 0 Å². The first-order valence-electron chi connectivity index (χ1n) is 7.73. The third-order valence-corrected chi connectivity index (χ3v) is 2.89. The normalized spacial score (nSPS) is 15.2. The van der Waals surface area contributed by atoms with Crippen LogP contribution in [0.25, 0.3) is 0 Å². The van der Waals surface area contributed by atoms with Gasteiger partial charge in [0.05, 0.1) is 0 Å². The lowest BCUT2D eigenvalue weighted by Crippen LogP contribution is -2.34. The summed E-state index contributed by atoms with van der Waals surface area (Å²) >= 11 is 0. The molecule has 0 heterocycles. The van der Waals surface area contributed by atoms with Crippen molar-refractivity contribution >= 4 is 6.09 Å². The van der Waals surface area contributed by atoms with E-state index >= 15 is 0 Å². The molecule has 1 aliphatic rings. The zero-order chi connectivity index (χ0) is 14.8. The minimum atomic E-state index is -0.428. The highest BCUT2D eigenvalue weighted by Gasteiger charge is 2.20. The van der Waals surface area contributed by atoms with Crippen molar-refractivity contribution in [2.45, 2.75) is 52.1 Å². The summed E-state index contributed by atoms with van der Waals surface area (Å²) in [6.45, 7) is 9.88. The van der Waals surface area contributed by atoms with E-state index in [9.17, 15) is 4.79 Å². The number of ether oxygens (including phenoxy) is 2. The van der Waals surface area contributed by atoms with Crippen LogP contribution in [0.4, 0.5) is 4.79 Å². The molecule has 5 heteroatoms. The molecule has 0 saturated heterocycles. The smallest absolute Gasteiger partial charge is 0.407 e. The Labute approximate surface area is 122 Å². The number of rotatable bonds is 10. The highest BCUT2D eigenvalue weighted by molar-refractivity contribution is 5.67. The summed E-state index contributed by atoms with van der Waals surface area (Å²) in [4.78, 5) is 11.4. The first-order chi connectivity index (χ1) is 9.47. The molecular weight excluding hydrogens is 256 g/mol. The van der Waals surface area contributed by atoms with Gasteiger partial charge in [-0.15, -0.1) is 0 Å². The van der Waals surface area contributed by atoms with Crippen LogP contribution in [-0.4, -0.2) is 44.5 Å². The van der Waals surface area contributed by atoms with Gasteiger partial charge in [-0.3, -0.25) is 0 Å². The third kappa shape index (κ3) is 11.1. The maximum Gasteiger partial charge on any atom is 0.407 e. The van der Waals surface area contributed by atoms with Crippen molar-refractivity contribution in [3.63, 3.8) is 0 Å². The van der Waals surface area contributed by atoms with Crippen LogP contribution in [0, 0.1) is 5.92 Å². The van der Waals surface area contributed by atoms with Crippen LogP contribution in [0.1, 0.15) is 46.5 Å². The molecule has 0 aromatic rings. The molecule has 2 N–H and O–H groups in total. The van der Waals surface area contributed by atoms with Crippen LogP contribution < -0.4 is 10.6 Å². The van der Waals surface area contributed by atoms with E-state index in [0.29, 0.717) is 6.54 Å². The summed E-state index contributed by atoms with van der Waals surface area (Å²) in [6, 6.07) is 0. The molecule has 1 fully saturated rings. The fourth-order valence-electron chi connectivity index (χ4n) is 1.68. The van der Waals surface area contributed by atoms with Gasteiger partial charge in [0, 0.05) is 19.8 Å². The lowest BCUT2D eigenvalue weighted by molar-refractivity contribution is 0.0527. The number of hydrogen-bond acceptors (Lipinski definition) is 4. The second-order valence-electron chi connectivity index (χ2n) is 6.40. The van der Waals surface area contributed by atoms with Crippen molar-refractivity contribution in [1.29, 1.82) is 0 Å². The van der Waals surface area contributed by atoms with Crippen molar-refractivity contribution in [2.24, 2.45) is 5.92 Å². The van der Waals surface area contributed by atoms with Crippen LogP contribution in [-0.2, 0) is 9.47 Å². The molecule has 0 aromatic heterocycles. The number of carbonyl (C=O) groups is 1. The highest BCUT2D eigenvalue weighted by Crippen LogP contribution is 2.28. The largest absolute Gasteiger partial charge is 0.444 e. The Kier molecular flexibility index (Phi) is 7.92. The fraction of sp³-hybridized carbons (Fsp3) is 0.933. The van der Waals surface area contributed by atoms with Crippen molar-refractivity contribution in [3.05, 3.63) is 0 Å².